The molecule has 0 unspecified atom stereocenters. The Labute approximate surface area is 158 Å². The number of piperidine rings is 1. The van der Waals surface area contributed by atoms with E-state index in [1.165, 1.54) is 18.5 Å². The Hall–Kier alpha value is -3.01. The number of pyridine rings is 1. The highest BCUT2D eigenvalue weighted by atomic mass is 19.4. The Morgan fingerprint density at radius 2 is 1.89 bits per heavy atom. The number of rotatable bonds is 4. The highest BCUT2D eigenvalue weighted by Crippen LogP contribution is 2.37. The van der Waals surface area contributed by atoms with E-state index in [2.05, 4.69) is 21.5 Å². The van der Waals surface area contributed by atoms with Gasteiger partial charge in [0, 0.05) is 25.5 Å². The first-order chi connectivity index (χ1) is 13.2. The van der Waals surface area contributed by atoms with Crippen molar-refractivity contribution in [1.29, 1.82) is 0 Å². The lowest BCUT2D eigenvalue weighted by atomic mass is 9.88. The van der Waals surface area contributed by atoms with Gasteiger partial charge in [0.1, 0.15) is 22.7 Å². The standard InChI is InChI=1S/C18H17F3N4O3/c1-2-14(26)25-9-5-17(27,6-10-25)15-16(23-8-7-22-15)28-12-3-4-13(24-11-12)18(19,20)21/h2-4,7-8,11,27H,1,5-6,9-10H2. The quantitative estimate of drug-likeness (QED) is 0.803. The molecule has 2 aromatic heterocycles. The van der Waals surface area contributed by atoms with Gasteiger partial charge in [0.05, 0.1) is 6.20 Å². The first-order valence-electron chi connectivity index (χ1n) is 8.39. The third kappa shape index (κ3) is 4.11. The Bertz CT molecular complexity index is 863. The van der Waals surface area contributed by atoms with Gasteiger partial charge in [-0.1, -0.05) is 6.58 Å². The smallest absolute Gasteiger partial charge is 0.433 e. The molecule has 0 bridgehead atoms. The molecule has 0 radical (unpaired) electrons. The first kappa shape index (κ1) is 19.7. The van der Waals surface area contributed by atoms with Crippen LogP contribution in [0.25, 0.3) is 0 Å². The third-order valence-corrected chi connectivity index (χ3v) is 4.42. The van der Waals surface area contributed by atoms with E-state index in [9.17, 15) is 23.1 Å². The van der Waals surface area contributed by atoms with Crippen LogP contribution in [0.3, 0.4) is 0 Å². The van der Waals surface area contributed by atoms with E-state index < -0.39 is 17.5 Å². The molecule has 28 heavy (non-hydrogen) atoms. The van der Waals surface area contributed by atoms with Crippen molar-refractivity contribution in [3.8, 4) is 11.6 Å². The summed E-state index contributed by atoms with van der Waals surface area (Å²) in [5, 5.41) is 11.0. The number of hydrogen-bond acceptors (Lipinski definition) is 6. The Balaban J connectivity index is 1.80. The molecule has 0 saturated carbocycles. The van der Waals surface area contributed by atoms with Gasteiger partial charge in [0.2, 0.25) is 11.8 Å². The summed E-state index contributed by atoms with van der Waals surface area (Å²) < 4.78 is 43.4. The van der Waals surface area contributed by atoms with Gasteiger partial charge in [-0.2, -0.15) is 13.2 Å². The topological polar surface area (TPSA) is 88.4 Å². The second-order valence-corrected chi connectivity index (χ2v) is 6.25. The lowest BCUT2D eigenvalue weighted by molar-refractivity contribution is -0.141. The van der Waals surface area contributed by atoms with E-state index >= 15 is 0 Å². The Morgan fingerprint density at radius 3 is 2.46 bits per heavy atom. The fourth-order valence-corrected chi connectivity index (χ4v) is 2.90. The highest BCUT2D eigenvalue weighted by molar-refractivity contribution is 5.87. The van der Waals surface area contributed by atoms with Gasteiger partial charge >= 0.3 is 6.18 Å². The molecule has 148 valence electrons. The summed E-state index contributed by atoms with van der Waals surface area (Å²) in [5.41, 5.74) is -2.28. The minimum Gasteiger partial charge on any atom is -0.436 e. The van der Waals surface area contributed by atoms with Crippen molar-refractivity contribution < 1.29 is 27.8 Å². The second kappa shape index (κ2) is 7.55. The molecule has 0 atom stereocenters. The number of carbonyl (C=O) groups excluding carboxylic acids is 1. The molecule has 1 amide bonds. The summed E-state index contributed by atoms with van der Waals surface area (Å²) in [6.45, 7) is 4.02. The number of ether oxygens (including phenoxy) is 1. The number of hydrogen-bond donors (Lipinski definition) is 1. The van der Waals surface area contributed by atoms with Crippen LogP contribution in [-0.4, -0.2) is 44.0 Å². The predicted octanol–water partition coefficient (Wildman–Crippen LogP) is 2.68. The molecule has 3 rings (SSSR count). The minimum absolute atomic E-state index is 0.0256. The van der Waals surface area contributed by atoms with Crippen LogP contribution in [0.2, 0.25) is 0 Å². The highest BCUT2D eigenvalue weighted by Gasteiger charge is 2.39. The second-order valence-electron chi connectivity index (χ2n) is 6.25. The van der Waals surface area contributed by atoms with E-state index in [1.807, 2.05) is 0 Å². The van der Waals surface area contributed by atoms with Crippen LogP contribution in [-0.2, 0) is 16.6 Å². The van der Waals surface area contributed by atoms with Crippen molar-refractivity contribution in [3.63, 3.8) is 0 Å². The van der Waals surface area contributed by atoms with Crippen LogP contribution in [0.15, 0.2) is 43.4 Å². The van der Waals surface area contributed by atoms with Crippen LogP contribution in [0.5, 0.6) is 11.6 Å². The van der Waals surface area contributed by atoms with Crippen LogP contribution < -0.4 is 4.74 Å². The Morgan fingerprint density at radius 1 is 1.21 bits per heavy atom. The fraction of sp³-hybridized carbons (Fsp3) is 0.333. The van der Waals surface area contributed by atoms with Crippen LogP contribution in [0, 0.1) is 0 Å². The zero-order valence-electron chi connectivity index (χ0n) is 14.7. The molecular weight excluding hydrogens is 377 g/mol. The lowest BCUT2D eigenvalue weighted by Crippen LogP contribution is -2.45. The van der Waals surface area contributed by atoms with Gasteiger partial charge in [-0.25, -0.2) is 9.97 Å². The average Bonchev–Trinajstić information content (AvgIpc) is 2.68. The minimum atomic E-state index is -4.55. The van der Waals surface area contributed by atoms with Gasteiger partial charge in [-0.05, 0) is 31.1 Å². The van der Waals surface area contributed by atoms with Crippen molar-refractivity contribution >= 4 is 5.91 Å². The summed E-state index contributed by atoms with van der Waals surface area (Å²) in [5.74, 6) is -0.235. The van der Waals surface area contributed by atoms with Crippen LogP contribution in [0.1, 0.15) is 24.2 Å². The molecule has 1 N–H and O–H groups in total. The molecule has 7 nitrogen and oxygen atoms in total. The van der Waals surface area contributed by atoms with Crippen LogP contribution in [0.4, 0.5) is 13.2 Å². The third-order valence-electron chi connectivity index (χ3n) is 4.42. The number of likely N-dealkylation sites (tertiary alicyclic amines) is 1. The van der Waals surface area contributed by atoms with Gasteiger partial charge in [0.25, 0.3) is 0 Å². The molecule has 0 aliphatic carbocycles. The molecule has 1 fully saturated rings. The van der Waals surface area contributed by atoms with Gasteiger partial charge in [-0.3, -0.25) is 9.78 Å². The summed E-state index contributed by atoms with van der Waals surface area (Å²) in [7, 11) is 0. The first-order valence-corrected chi connectivity index (χ1v) is 8.39. The van der Waals surface area contributed by atoms with Gasteiger partial charge < -0.3 is 14.7 Å². The maximum Gasteiger partial charge on any atom is 0.433 e. The number of nitrogens with zero attached hydrogens (tertiary/aromatic N) is 4. The predicted molar refractivity (Wildman–Crippen MR) is 91.3 cm³/mol. The number of halogens is 3. The lowest BCUT2D eigenvalue weighted by Gasteiger charge is -2.37. The van der Waals surface area contributed by atoms with E-state index in [0.29, 0.717) is 13.1 Å². The zero-order valence-corrected chi connectivity index (χ0v) is 14.7. The van der Waals surface area contributed by atoms with Crippen LogP contribution >= 0.6 is 0 Å². The number of alkyl halides is 3. The van der Waals surface area contributed by atoms with E-state index in [0.717, 1.165) is 18.3 Å². The number of aromatic nitrogens is 3. The molecule has 10 heteroatoms. The fourth-order valence-electron chi connectivity index (χ4n) is 2.90. The molecule has 1 aliphatic rings. The summed E-state index contributed by atoms with van der Waals surface area (Å²) in [6, 6.07) is 1.91. The average molecular weight is 394 g/mol. The van der Waals surface area contributed by atoms with E-state index in [4.69, 9.17) is 4.74 Å². The molecule has 0 aromatic carbocycles. The molecule has 0 spiro atoms. The zero-order chi connectivity index (χ0) is 20.4. The van der Waals surface area contributed by atoms with Crippen molar-refractivity contribution in [3.05, 3.63) is 54.8 Å². The van der Waals surface area contributed by atoms with Crippen molar-refractivity contribution in [2.75, 3.05) is 13.1 Å². The number of amides is 1. The van der Waals surface area contributed by atoms with Crippen molar-refractivity contribution in [2.24, 2.45) is 0 Å². The summed E-state index contributed by atoms with van der Waals surface area (Å²) >= 11 is 0. The maximum atomic E-state index is 12.6. The molecule has 3 heterocycles. The van der Waals surface area contributed by atoms with Gasteiger partial charge in [0.15, 0.2) is 0 Å². The monoisotopic (exact) mass is 394 g/mol. The summed E-state index contributed by atoms with van der Waals surface area (Å²) in [6.07, 6.45) is 0.708. The van der Waals surface area contributed by atoms with Crippen molar-refractivity contribution in [2.45, 2.75) is 24.6 Å². The van der Waals surface area contributed by atoms with Gasteiger partial charge in [-0.15, -0.1) is 0 Å². The number of aliphatic hydroxyl groups is 1. The normalized spacial score (nSPS) is 16.5. The maximum absolute atomic E-state index is 12.6. The van der Waals surface area contributed by atoms with E-state index in [-0.39, 0.29) is 36.1 Å². The summed E-state index contributed by atoms with van der Waals surface area (Å²) in [4.78, 5) is 24.8. The van der Waals surface area contributed by atoms with Crippen molar-refractivity contribution in [1.82, 2.24) is 19.9 Å². The molecule has 2 aromatic rings. The molecule has 1 aliphatic heterocycles. The largest absolute Gasteiger partial charge is 0.436 e. The van der Waals surface area contributed by atoms with E-state index in [1.54, 1.807) is 4.90 Å². The molecular formula is C18H17F3N4O3. The number of carbonyl (C=O) groups is 1. The Kier molecular flexibility index (Phi) is 5.32. The molecule has 1 saturated heterocycles. The SMILES string of the molecule is C=CC(=O)N1CCC(O)(c2nccnc2Oc2ccc(C(F)(F)F)nc2)CC1.